The van der Waals surface area contributed by atoms with Crippen LogP contribution in [0, 0.1) is 0 Å². The number of hydrogen-bond acceptors (Lipinski definition) is 16. The Balaban J connectivity index is 0.000000184. The molecule has 0 atom stereocenters. The molecule has 2 saturated heterocycles. The molecule has 20 nitrogen and oxygen atoms in total. The lowest BCUT2D eigenvalue weighted by atomic mass is 10.1. The molecule has 2 aliphatic heterocycles. The summed E-state index contributed by atoms with van der Waals surface area (Å²) in [6.07, 6.45) is 9.07. The van der Waals surface area contributed by atoms with E-state index in [4.69, 9.17) is 21.4 Å². The lowest BCUT2D eigenvalue weighted by Crippen LogP contribution is -2.44. The highest BCUT2D eigenvalue weighted by molar-refractivity contribution is 6.03. The van der Waals surface area contributed by atoms with Crippen molar-refractivity contribution in [3.63, 3.8) is 0 Å². The van der Waals surface area contributed by atoms with Gasteiger partial charge in [0.25, 0.3) is 11.8 Å². The number of piperazine rings is 2. The Kier molecular flexibility index (Phi) is 15.3. The normalized spacial score (nSPS) is 13.5. The standard InChI is InChI=1S/C28H28N8O2.C27H26N8O2/c1-3-25(37)32-19-9-10-30-24(15-19)21-6-4-5-18-17-31-28(34-26(18)21)33-23-8-7-20(16-22(23)27(29)38)36-13-11-35(2)12-14-36;1-2-24(36)32-18-8-9-30-23(14-18)20-5-3-4-17-16-31-27(34-25(17)20)33-22-7-6-19(15-21(22)26(28)37)35-12-10-29-11-13-35/h3-10,15-17H,1,11-14H2,2H3,(H2,29,38)(H,30,32,37)(H,31,33,34);2-9,14-16,29H,1,10-13H2,(H2,28,37)(H,30,32,36)(H,31,33,34). The largest absolute Gasteiger partial charge is 0.369 e. The van der Waals surface area contributed by atoms with Gasteiger partial charge in [-0.3, -0.25) is 29.1 Å². The van der Waals surface area contributed by atoms with Gasteiger partial charge in [0.05, 0.1) is 44.9 Å². The van der Waals surface area contributed by atoms with Gasteiger partial charge in [0.15, 0.2) is 0 Å². The Morgan fingerprint density at radius 1 is 0.573 bits per heavy atom. The van der Waals surface area contributed by atoms with Gasteiger partial charge in [0.1, 0.15) is 0 Å². The van der Waals surface area contributed by atoms with Crippen LogP contribution in [0.4, 0.5) is 46.0 Å². The second-order valence-corrected chi connectivity index (χ2v) is 17.6. The van der Waals surface area contributed by atoms with E-state index in [1.807, 2.05) is 66.7 Å². The van der Waals surface area contributed by atoms with Gasteiger partial charge >= 0.3 is 0 Å². The highest BCUT2D eigenvalue weighted by atomic mass is 16.2. The second kappa shape index (κ2) is 22.8. The number of rotatable bonds is 14. The predicted octanol–water partition coefficient (Wildman–Crippen LogP) is 6.48. The molecule has 378 valence electrons. The first-order chi connectivity index (χ1) is 36.4. The molecule has 0 bridgehead atoms. The summed E-state index contributed by atoms with van der Waals surface area (Å²) >= 11 is 0. The number of anilines is 8. The van der Waals surface area contributed by atoms with Crippen LogP contribution in [-0.2, 0) is 9.59 Å². The van der Waals surface area contributed by atoms with E-state index in [1.54, 1.807) is 55.1 Å². The SMILES string of the molecule is C=CC(=O)Nc1ccnc(-c2cccc3cnc(Nc4ccc(N5CCN(C)CC5)cc4C(N)=O)nc23)c1.C=CC(=O)Nc1ccnc(-c2cccc3cnc(Nc4ccc(N5CCNCC5)cc4C(N)=O)nc23)c1. The van der Waals surface area contributed by atoms with Crippen molar-refractivity contribution in [3.05, 3.63) is 158 Å². The minimum atomic E-state index is -0.538. The van der Waals surface area contributed by atoms with Crippen LogP contribution in [0.2, 0.25) is 0 Å². The van der Waals surface area contributed by atoms with Gasteiger partial charge in [0, 0.05) is 122 Å². The smallest absolute Gasteiger partial charge is 0.250 e. The predicted molar refractivity (Wildman–Crippen MR) is 294 cm³/mol. The van der Waals surface area contributed by atoms with E-state index in [0.29, 0.717) is 68.2 Å². The molecule has 4 aromatic carbocycles. The maximum Gasteiger partial charge on any atom is 0.250 e. The highest BCUT2D eigenvalue weighted by Crippen LogP contribution is 2.32. The average Bonchev–Trinajstić information content (AvgIpc) is 3.43. The third-order valence-corrected chi connectivity index (χ3v) is 12.6. The summed E-state index contributed by atoms with van der Waals surface area (Å²) in [5, 5.41) is 16.8. The van der Waals surface area contributed by atoms with E-state index in [9.17, 15) is 19.2 Å². The fourth-order valence-electron chi connectivity index (χ4n) is 8.66. The monoisotopic (exact) mass is 1000 g/mol. The van der Waals surface area contributed by atoms with E-state index in [-0.39, 0.29) is 11.8 Å². The number of primary amides is 2. The summed E-state index contributed by atoms with van der Waals surface area (Å²) in [4.78, 5) is 82.1. The van der Waals surface area contributed by atoms with Gasteiger partial charge in [-0.05, 0) is 79.9 Å². The number of aromatic nitrogens is 6. The molecule has 10 rings (SSSR count). The zero-order valence-electron chi connectivity index (χ0n) is 41.1. The Morgan fingerprint density at radius 2 is 1.03 bits per heavy atom. The Bertz CT molecular complexity index is 3480. The molecule has 0 unspecified atom stereocenters. The van der Waals surface area contributed by atoms with Crippen molar-refractivity contribution in [1.29, 1.82) is 0 Å². The number of nitrogens with two attached hydrogens (primary N) is 2. The summed E-state index contributed by atoms with van der Waals surface area (Å²) < 4.78 is 0. The Hall–Kier alpha value is -9.66. The average molecular weight is 1000 g/mol. The summed E-state index contributed by atoms with van der Waals surface area (Å²) in [6.45, 7) is 14.1. The lowest BCUT2D eigenvalue weighted by molar-refractivity contribution is -0.112. The summed E-state index contributed by atoms with van der Waals surface area (Å²) in [5.41, 5.74) is 20.5. The number of benzene rings is 4. The third kappa shape index (κ3) is 12.0. The van der Waals surface area contributed by atoms with Crippen molar-refractivity contribution >= 4 is 91.5 Å². The minimum absolute atomic E-state index is 0.308. The minimum Gasteiger partial charge on any atom is -0.369 e. The fraction of sp³-hybridized carbons (Fsp3) is 0.164. The molecule has 0 spiro atoms. The second-order valence-electron chi connectivity index (χ2n) is 17.6. The summed E-state index contributed by atoms with van der Waals surface area (Å²) in [5.74, 6) is -1.06. The van der Waals surface area contributed by atoms with Crippen molar-refractivity contribution in [1.82, 2.24) is 40.1 Å². The Morgan fingerprint density at radius 3 is 1.47 bits per heavy atom. The van der Waals surface area contributed by atoms with Gasteiger partial charge in [0.2, 0.25) is 23.7 Å². The molecule has 4 amide bonds. The lowest BCUT2D eigenvalue weighted by Gasteiger charge is -2.34. The quantitative estimate of drug-likeness (QED) is 0.0575. The molecule has 9 N–H and O–H groups in total. The molecule has 0 radical (unpaired) electrons. The summed E-state index contributed by atoms with van der Waals surface area (Å²) in [7, 11) is 2.10. The van der Waals surface area contributed by atoms with Crippen LogP contribution in [-0.4, -0.2) is 118 Å². The molecule has 4 aromatic heterocycles. The van der Waals surface area contributed by atoms with Gasteiger partial charge < -0.3 is 52.8 Å². The number of carbonyl (C=O) groups excluding carboxylic acids is 4. The van der Waals surface area contributed by atoms with Gasteiger partial charge in [-0.25, -0.2) is 19.9 Å². The number of para-hydroxylation sites is 2. The van der Waals surface area contributed by atoms with Crippen LogP contribution >= 0.6 is 0 Å². The molecule has 0 saturated carbocycles. The van der Waals surface area contributed by atoms with Crippen LogP contribution in [0.15, 0.2) is 147 Å². The number of fused-ring (bicyclic) bond motifs is 2. The van der Waals surface area contributed by atoms with E-state index < -0.39 is 11.8 Å². The number of pyridine rings is 2. The van der Waals surface area contributed by atoms with Crippen LogP contribution in [0.3, 0.4) is 0 Å². The summed E-state index contributed by atoms with van der Waals surface area (Å²) in [6, 6.07) is 29.6. The third-order valence-electron chi connectivity index (χ3n) is 12.6. The van der Waals surface area contributed by atoms with Crippen molar-refractivity contribution in [2.24, 2.45) is 11.5 Å². The zero-order chi connectivity index (χ0) is 52.4. The first kappa shape index (κ1) is 50.3. The van der Waals surface area contributed by atoms with E-state index >= 15 is 0 Å². The number of hydrogen-bond donors (Lipinski definition) is 7. The number of likely N-dealkylation sites (N-methyl/N-ethyl adjacent to an activating group) is 1. The van der Waals surface area contributed by atoms with Crippen molar-refractivity contribution in [3.8, 4) is 22.5 Å². The molecular weight excluding hydrogens is 949 g/mol. The van der Waals surface area contributed by atoms with Crippen molar-refractivity contribution < 1.29 is 19.2 Å². The number of nitrogens with one attached hydrogen (secondary N) is 5. The fourth-order valence-corrected chi connectivity index (χ4v) is 8.66. The van der Waals surface area contributed by atoms with Crippen LogP contribution in [0.5, 0.6) is 0 Å². The molecule has 20 heteroatoms. The first-order valence-corrected chi connectivity index (χ1v) is 24.0. The maximum atomic E-state index is 12.4. The van der Waals surface area contributed by atoms with E-state index in [1.165, 1.54) is 12.2 Å². The number of amides is 4. The maximum absolute atomic E-state index is 12.4. The molecule has 2 aliphatic rings. The first-order valence-electron chi connectivity index (χ1n) is 24.0. The Labute approximate surface area is 432 Å². The van der Waals surface area contributed by atoms with Gasteiger partial charge in [-0.2, -0.15) is 0 Å². The zero-order valence-corrected chi connectivity index (χ0v) is 41.1. The van der Waals surface area contributed by atoms with Crippen molar-refractivity contribution in [2.75, 3.05) is 90.5 Å². The van der Waals surface area contributed by atoms with Gasteiger partial charge in [-0.1, -0.05) is 49.6 Å². The number of nitrogens with zero attached hydrogens (tertiary/aromatic N) is 9. The van der Waals surface area contributed by atoms with Crippen molar-refractivity contribution in [2.45, 2.75) is 0 Å². The van der Waals surface area contributed by atoms with Crippen LogP contribution < -0.4 is 47.9 Å². The van der Waals surface area contributed by atoms with E-state index in [2.05, 4.69) is 81.4 Å². The topological polar surface area (TPSA) is 268 Å². The van der Waals surface area contributed by atoms with Crippen LogP contribution in [0.1, 0.15) is 20.7 Å². The molecule has 6 heterocycles. The highest BCUT2D eigenvalue weighted by Gasteiger charge is 2.20. The molecule has 75 heavy (non-hydrogen) atoms. The molecule has 8 aromatic rings. The molecule has 2 fully saturated rings. The van der Waals surface area contributed by atoms with Crippen LogP contribution in [0.25, 0.3) is 44.3 Å². The number of carbonyl (C=O) groups is 4. The van der Waals surface area contributed by atoms with E-state index in [0.717, 1.165) is 85.6 Å². The van der Waals surface area contributed by atoms with Gasteiger partial charge in [-0.15, -0.1) is 0 Å². The molecule has 0 aliphatic carbocycles. The molecular formula is C55H54N16O4.